The summed E-state index contributed by atoms with van der Waals surface area (Å²) in [7, 11) is 0. The SMILES string of the molecule is CCCC(=O)O[C@H]1CC[C@@]2(C)[C@@H](CC[C@@H]3[C@@H]2CC[C@]2(C)[C@@H]([C@H](C)CC[C@@H](CC)C(C)C)CC[C@@H]32)C1. The second kappa shape index (κ2) is 11.1. The third kappa shape index (κ3) is 5.25. The van der Waals surface area contributed by atoms with Crippen LogP contribution in [0.5, 0.6) is 0 Å². The van der Waals surface area contributed by atoms with Crippen LogP contribution in [-0.2, 0) is 9.53 Å². The Labute approximate surface area is 218 Å². The molecule has 4 aliphatic carbocycles. The molecule has 4 saturated carbocycles. The van der Waals surface area contributed by atoms with Crippen molar-refractivity contribution in [2.24, 2.45) is 58.2 Å². The highest BCUT2D eigenvalue weighted by Gasteiger charge is 2.60. The lowest BCUT2D eigenvalue weighted by Gasteiger charge is -2.61. The summed E-state index contributed by atoms with van der Waals surface area (Å²) in [5.74, 6) is 7.18. The van der Waals surface area contributed by atoms with Gasteiger partial charge in [0, 0.05) is 6.42 Å². The van der Waals surface area contributed by atoms with Gasteiger partial charge in [0.1, 0.15) is 6.10 Å². The monoisotopic (exact) mass is 486 g/mol. The molecule has 4 rings (SSSR count). The van der Waals surface area contributed by atoms with Crippen molar-refractivity contribution in [2.45, 2.75) is 144 Å². The average Bonchev–Trinajstić information content (AvgIpc) is 3.17. The predicted molar refractivity (Wildman–Crippen MR) is 147 cm³/mol. The lowest BCUT2D eigenvalue weighted by atomic mass is 9.44. The topological polar surface area (TPSA) is 26.3 Å². The molecule has 0 aromatic rings. The second-order valence-corrected chi connectivity index (χ2v) is 14.5. The molecule has 0 N–H and O–H groups in total. The van der Waals surface area contributed by atoms with E-state index < -0.39 is 0 Å². The van der Waals surface area contributed by atoms with Gasteiger partial charge in [0.15, 0.2) is 0 Å². The first-order chi connectivity index (χ1) is 16.6. The van der Waals surface area contributed by atoms with Gasteiger partial charge >= 0.3 is 5.97 Å². The molecule has 0 heterocycles. The van der Waals surface area contributed by atoms with E-state index >= 15 is 0 Å². The Hall–Kier alpha value is -0.530. The highest BCUT2D eigenvalue weighted by Crippen LogP contribution is 2.68. The van der Waals surface area contributed by atoms with Crippen molar-refractivity contribution in [1.29, 1.82) is 0 Å². The van der Waals surface area contributed by atoms with Crippen LogP contribution in [0.3, 0.4) is 0 Å². The highest BCUT2D eigenvalue weighted by atomic mass is 16.5. The van der Waals surface area contributed by atoms with Gasteiger partial charge in [-0.05, 0) is 129 Å². The maximum absolute atomic E-state index is 12.1. The minimum Gasteiger partial charge on any atom is -0.462 e. The Morgan fingerprint density at radius 1 is 0.886 bits per heavy atom. The molecular weight excluding hydrogens is 428 g/mol. The molecule has 35 heavy (non-hydrogen) atoms. The normalized spacial score (nSPS) is 42.6. The minimum absolute atomic E-state index is 0.0352. The Morgan fingerprint density at radius 3 is 2.29 bits per heavy atom. The number of carbonyl (C=O) groups is 1. The first-order valence-electron chi connectivity index (χ1n) is 15.8. The van der Waals surface area contributed by atoms with E-state index in [1.165, 1.54) is 64.2 Å². The van der Waals surface area contributed by atoms with E-state index in [1.54, 1.807) is 0 Å². The standard InChI is InChI=1S/C33H58O2/c1-8-10-31(34)35-26-17-19-32(6)25(21-26)13-14-27-29-16-15-28(33(29,7)20-18-30(27)32)23(5)11-12-24(9-2)22(3)4/h22-30H,8-21H2,1-7H3/t23-,24-,25+,26+,27+,28-,29+,30+,32+,33-/m1/s1. The van der Waals surface area contributed by atoms with Gasteiger partial charge in [-0.15, -0.1) is 0 Å². The fraction of sp³-hybridized carbons (Fsp3) is 0.970. The van der Waals surface area contributed by atoms with Gasteiger partial charge in [0.05, 0.1) is 0 Å². The van der Waals surface area contributed by atoms with Crippen LogP contribution in [0.1, 0.15) is 138 Å². The summed E-state index contributed by atoms with van der Waals surface area (Å²) in [6, 6.07) is 0. The smallest absolute Gasteiger partial charge is 0.306 e. The molecule has 0 aliphatic heterocycles. The summed E-state index contributed by atoms with van der Waals surface area (Å²) in [5.41, 5.74) is 1.06. The summed E-state index contributed by atoms with van der Waals surface area (Å²) >= 11 is 0. The zero-order chi connectivity index (χ0) is 25.4. The van der Waals surface area contributed by atoms with E-state index in [9.17, 15) is 4.79 Å². The van der Waals surface area contributed by atoms with Gasteiger partial charge in [-0.25, -0.2) is 0 Å². The lowest BCUT2D eigenvalue weighted by molar-refractivity contribution is -0.162. The molecule has 0 spiro atoms. The first kappa shape index (κ1) is 27.5. The first-order valence-corrected chi connectivity index (χ1v) is 15.8. The Balaban J connectivity index is 1.40. The van der Waals surface area contributed by atoms with E-state index in [2.05, 4.69) is 48.5 Å². The Morgan fingerprint density at radius 2 is 1.60 bits per heavy atom. The number of rotatable bonds is 9. The van der Waals surface area contributed by atoms with Gasteiger partial charge in [-0.1, -0.05) is 61.3 Å². The van der Waals surface area contributed by atoms with Crippen molar-refractivity contribution < 1.29 is 9.53 Å². The number of fused-ring (bicyclic) bond motifs is 5. The van der Waals surface area contributed by atoms with Crippen LogP contribution in [-0.4, -0.2) is 12.1 Å². The third-order valence-electron chi connectivity index (χ3n) is 12.6. The third-order valence-corrected chi connectivity index (χ3v) is 12.6. The van der Waals surface area contributed by atoms with E-state index in [4.69, 9.17) is 4.74 Å². The predicted octanol–water partition coefficient (Wildman–Crippen LogP) is 9.46. The van der Waals surface area contributed by atoms with Crippen molar-refractivity contribution in [3.63, 3.8) is 0 Å². The molecule has 0 radical (unpaired) electrons. The van der Waals surface area contributed by atoms with Gasteiger partial charge in [0.2, 0.25) is 0 Å². The largest absolute Gasteiger partial charge is 0.462 e. The van der Waals surface area contributed by atoms with Crippen LogP contribution in [0, 0.1) is 58.2 Å². The zero-order valence-corrected chi connectivity index (χ0v) is 24.4. The zero-order valence-electron chi connectivity index (χ0n) is 24.4. The van der Waals surface area contributed by atoms with Crippen LogP contribution in [0.4, 0.5) is 0 Å². The molecule has 0 unspecified atom stereocenters. The van der Waals surface area contributed by atoms with Crippen molar-refractivity contribution in [2.75, 3.05) is 0 Å². The van der Waals surface area contributed by atoms with Gasteiger partial charge in [0.25, 0.3) is 0 Å². The summed E-state index contributed by atoms with van der Waals surface area (Å²) in [5, 5.41) is 0. The second-order valence-electron chi connectivity index (χ2n) is 14.5. The van der Waals surface area contributed by atoms with Crippen molar-refractivity contribution in [3.8, 4) is 0 Å². The highest BCUT2D eigenvalue weighted by molar-refractivity contribution is 5.69. The molecule has 2 heteroatoms. The summed E-state index contributed by atoms with van der Waals surface area (Å²) in [6.45, 7) is 17.3. The Bertz CT molecular complexity index is 714. The average molecular weight is 487 g/mol. The number of carbonyl (C=O) groups excluding carboxylic acids is 1. The maximum Gasteiger partial charge on any atom is 0.306 e. The van der Waals surface area contributed by atoms with E-state index in [1.807, 2.05) is 0 Å². The van der Waals surface area contributed by atoms with Crippen molar-refractivity contribution in [3.05, 3.63) is 0 Å². The number of hydrogen-bond donors (Lipinski definition) is 0. The van der Waals surface area contributed by atoms with Crippen LogP contribution >= 0.6 is 0 Å². The van der Waals surface area contributed by atoms with E-state index in [0.717, 1.165) is 66.6 Å². The van der Waals surface area contributed by atoms with Gasteiger partial charge in [-0.2, -0.15) is 0 Å². The van der Waals surface area contributed by atoms with E-state index in [0.29, 0.717) is 17.3 Å². The quantitative estimate of drug-likeness (QED) is 0.303. The summed E-state index contributed by atoms with van der Waals surface area (Å²) < 4.78 is 5.91. The number of ether oxygens (including phenoxy) is 1. The molecule has 4 aliphatic rings. The molecule has 0 bridgehead atoms. The fourth-order valence-electron chi connectivity index (χ4n) is 10.4. The minimum atomic E-state index is 0.0352. The van der Waals surface area contributed by atoms with E-state index in [-0.39, 0.29) is 12.1 Å². The molecule has 0 amide bonds. The Kier molecular flexibility index (Phi) is 8.70. The number of hydrogen-bond acceptors (Lipinski definition) is 2. The molecule has 2 nitrogen and oxygen atoms in total. The van der Waals surface area contributed by atoms with Gasteiger partial charge in [-0.3, -0.25) is 4.79 Å². The van der Waals surface area contributed by atoms with Crippen molar-refractivity contribution in [1.82, 2.24) is 0 Å². The lowest BCUT2D eigenvalue weighted by Crippen LogP contribution is -2.54. The molecule has 0 aromatic carbocycles. The van der Waals surface area contributed by atoms with Gasteiger partial charge < -0.3 is 4.74 Å². The molecule has 0 saturated heterocycles. The number of esters is 1. The molecule has 4 fully saturated rings. The van der Waals surface area contributed by atoms with Crippen LogP contribution in [0.15, 0.2) is 0 Å². The van der Waals surface area contributed by atoms with Crippen molar-refractivity contribution >= 4 is 5.97 Å². The molecular formula is C33H58O2. The molecule has 0 aromatic heterocycles. The summed E-state index contributed by atoms with van der Waals surface area (Å²) in [6.07, 6.45) is 18.1. The maximum atomic E-state index is 12.1. The van der Waals surface area contributed by atoms with Crippen LogP contribution in [0.25, 0.3) is 0 Å². The molecule has 10 atom stereocenters. The van der Waals surface area contributed by atoms with Crippen LogP contribution < -0.4 is 0 Å². The summed E-state index contributed by atoms with van der Waals surface area (Å²) in [4.78, 5) is 12.1. The fourth-order valence-corrected chi connectivity index (χ4v) is 10.4. The molecule has 202 valence electrons. The van der Waals surface area contributed by atoms with Crippen LogP contribution in [0.2, 0.25) is 0 Å².